The van der Waals surface area contributed by atoms with Gasteiger partial charge in [0.15, 0.2) is 5.96 Å². The Morgan fingerprint density at radius 3 is 2.62 bits per heavy atom. The lowest BCUT2D eigenvalue weighted by Crippen LogP contribution is -2.44. The molecule has 5 nitrogen and oxygen atoms in total. The molecule has 2 rings (SSSR count). The molecule has 1 aromatic heterocycles. The highest BCUT2D eigenvalue weighted by Gasteiger charge is 2.31. The first-order valence-corrected chi connectivity index (χ1v) is 10.2. The number of nitrogens with zero attached hydrogens (tertiary/aromatic N) is 2. The fourth-order valence-corrected chi connectivity index (χ4v) is 3.98. The Balaban J connectivity index is 0.00000338. The summed E-state index contributed by atoms with van der Waals surface area (Å²) < 4.78 is 0. The second-order valence-corrected chi connectivity index (χ2v) is 8.16. The third-order valence-electron chi connectivity index (χ3n) is 5.16. The zero-order valence-corrected chi connectivity index (χ0v) is 19.4. The summed E-state index contributed by atoms with van der Waals surface area (Å²) in [6, 6.07) is 4.23. The van der Waals surface area contributed by atoms with E-state index in [0.717, 1.165) is 25.5 Å². The summed E-state index contributed by atoms with van der Waals surface area (Å²) in [7, 11) is 3.53. The van der Waals surface area contributed by atoms with Crippen LogP contribution in [0.2, 0.25) is 0 Å². The molecule has 26 heavy (non-hydrogen) atoms. The van der Waals surface area contributed by atoms with Crippen LogP contribution in [0.4, 0.5) is 0 Å². The van der Waals surface area contributed by atoms with Gasteiger partial charge in [-0.2, -0.15) is 0 Å². The summed E-state index contributed by atoms with van der Waals surface area (Å²) >= 11 is 1.77. The number of thiophene rings is 1. The number of guanidine groups is 1. The van der Waals surface area contributed by atoms with Crippen LogP contribution in [0, 0.1) is 5.41 Å². The molecule has 0 radical (unpaired) electrons. The van der Waals surface area contributed by atoms with Gasteiger partial charge in [0.2, 0.25) is 5.91 Å². The van der Waals surface area contributed by atoms with Gasteiger partial charge in [0.25, 0.3) is 0 Å². The van der Waals surface area contributed by atoms with E-state index in [-0.39, 0.29) is 36.4 Å². The smallest absolute Gasteiger partial charge is 0.243 e. The molecule has 0 atom stereocenters. The second kappa shape index (κ2) is 11.8. The maximum atomic E-state index is 11.9. The molecule has 0 bridgehead atoms. The maximum Gasteiger partial charge on any atom is 0.243 e. The molecule has 0 unspecified atom stereocenters. The molecule has 0 saturated heterocycles. The Morgan fingerprint density at radius 1 is 1.31 bits per heavy atom. The lowest BCUT2D eigenvalue weighted by molar-refractivity contribution is -0.127. The SMILES string of the molecule is CCC1(CNC(=NCC(=O)N(C)C)NCCc2cccs2)CCCC1.I. The predicted octanol–water partition coefficient (Wildman–Crippen LogP) is 3.50. The van der Waals surface area contributed by atoms with Gasteiger partial charge < -0.3 is 15.5 Å². The Bertz CT molecular complexity index is 554. The minimum absolute atomic E-state index is 0. The molecule has 0 aliphatic heterocycles. The van der Waals surface area contributed by atoms with Gasteiger partial charge in [0.1, 0.15) is 6.54 Å². The summed E-state index contributed by atoms with van der Waals surface area (Å²) in [6.45, 7) is 4.22. The number of amides is 1. The van der Waals surface area contributed by atoms with Crippen LogP contribution in [0.5, 0.6) is 0 Å². The molecule has 2 N–H and O–H groups in total. The van der Waals surface area contributed by atoms with E-state index in [2.05, 4.69) is 40.1 Å². The lowest BCUT2D eigenvalue weighted by atomic mass is 9.83. The van der Waals surface area contributed by atoms with Crippen LogP contribution in [0.3, 0.4) is 0 Å². The number of carbonyl (C=O) groups excluding carboxylic acids is 1. The number of likely N-dealkylation sites (N-methyl/N-ethyl adjacent to an activating group) is 1. The van der Waals surface area contributed by atoms with Crippen LogP contribution >= 0.6 is 35.3 Å². The number of hydrogen-bond donors (Lipinski definition) is 2. The van der Waals surface area contributed by atoms with Gasteiger partial charge in [-0.15, -0.1) is 35.3 Å². The lowest BCUT2D eigenvalue weighted by Gasteiger charge is -2.28. The number of carbonyl (C=O) groups is 1. The normalized spacial score (nSPS) is 16.0. The molecule has 7 heteroatoms. The zero-order chi connectivity index (χ0) is 18.1. The fraction of sp³-hybridized carbons (Fsp3) is 0.684. The Labute approximate surface area is 179 Å². The van der Waals surface area contributed by atoms with E-state index >= 15 is 0 Å². The molecule has 1 aliphatic carbocycles. The summed E-state index contributed by atoms with van der Waals surface area (Å²) in [5.41, 5.74) is 0.391. The summed E-state index contributed by atoms with van der Waals surface area (Å²) in [5, 5.41) is 8.99. The number of halogens is 1. The molecule has 1 saturated carbocycles. The van der Waals surface area contributed by atoms with E-state index in [1.807, 2.05) is 0 Å². The number of aliphatic imine (C=N–C) groups is 1. The molecule has 1 heterocycles. The summed E-state index contributed by atoms with van der Waals surface area (Å²) in [4.78, 5) is 19.3. The van der Waals surface area contributed by atoms with Gasteiger partial charge in [-0.1, -0.05) is 25.8 Å². The van der Waals surface area contributed by atoms with E-state index < -0.39 is 0 Å². The van der Waals surface area contributed by atoms with Crippen molar-refractivity contribution < 1.29 is 4.79 Å². The van der Waals surface area contributed by atoms with E-state index in [1.165, 1.54) is 37.0 Å². The highest BCUT2D eigenvalue weighted by Crippen LogP contribution is 2.40. The van der Waals surface area contributed by atoms with Crippen LogP contribution in [0.1, 0.15) is 43.9 Å². The first kappa shape index (κ1) is 23.2. The van der Waals surface area contributed by atoms with E-state index in [4.69, 9.17) is 0 Å². The van der Waals surface area contributed by atoms with Crippen LogP contribution < -0.4 is 10.6 Å². The monoisotopic (exact) mass is 492 g/mol. The van der Waals surface area contributed by atoms with Crippen LogP contribution in [-0.4, -0.2) is 50.5 Å². The Kier molecular flexibility index (Phi) is 10.5. The number of rotatable bonds is 8. The predicted molar refractivity (Wildman–Crippen MR) is 122 cm³/mol. The minimum atomic E-state index is 0. The van der Waals surface area contributed by atoms with Gasteiger partial charge in [-0.05, 0) is 42.5 Å². The molecule has 0 aromatic carbocycles. The maximum absolute atomic E-state index is 11.9. The number of nitrogens with one attached hydrogen (secondary N) is 2. The van der Waals surface area contributed by atoms with E-state index in [9.17, 15) is 4.79 Å². The van der Waals surface area contributed by atoms with E-state index in [1.54, 1.807) is 30.3 Å². The second-order valence-electron chi connectivity index (χ2n) is 7.12. The van der Waals surface area contributed by atoms with Crippen LogP contribution in [0.25, 0.3) is 0 Å². The van der Waals surface area contributed by atoms with Gasteiger partial charge in [-0.3, -0.25) is 4.79 Å². The molecule has 1 aliphatic rings. The van der Waals surface area contributed by atoms with Crippen molar-refractivity contribution in [1.29, 1.82) is 0 Å². The van der Waals surface area contributed by atoms with Gasteiger partial charge in [0, 0.05) is 32.1 Å². The van der Waals surface area contributed by atoms with Crippen LogP contribution in [0.15, 0.2) is 22.5 Å². The van der Waals surface area contributed by atoms with Crippen molar-refractivity contribution in [2.24, 2.45) is 10.4 Å². The summed E-state index contributed by atoms with van der Waals surface area (Å²) in [5.74, 6) is 0.775. The highest BCUT2D eigenvalue weighted by molar-refractivity contribution is 14.0. The molecule has 1 aromatic rings. The van der Waals surface area contributed by atoms with Crippen molar-refractivity contribution >= 4 is 47.2 Å². The third-order valence-corrected chi connectivity index (χ3v) is 6.10. The van der Waals surface area contributed by atoms with Crippen molar-refractivity contribution in [2.75, 3.05) is 33.7 Å². The average Bonchev–Trinajstić information content (AvgIpc) is 3.28. The Morgan fingerprint density at radius 2 is 2.04 bits per heavy atom. The van der Waals surface area contributed by atoms with Crippen LogP contribution in [-0.2, 0) is 11.2 Å². The molecule has 148 valence electrons. The molecule has 0 spiro atoms. The van der Waals surface area contributed by atoms with E-state index in [0.29, 0.717) is 5.41 Å². The van der Waals surface area contributed by atoms with Crippen molar-refractivity contribution in [1.82, 2.24) is 15.5 Å². The molecular formula is C19H33IN4OS. The molecule has 1 fully saturated rings. The van der Waals surface area contributed by atoms with Crippen molar-refractivity contribution in [2.45, 2.75) is 45.4 Å². The highest BCUT2D eigenvalue weighted by atomic mass is 127. The Hall–Kier alpha value is -0.830. The molecule has 1 amide bonds. The zero-order valence-electron chi connectivity index (χ0n) is 16.2. The topological polar surface area (TPSA) is 56.7 Å². The summed E-state index contributed by atoms with van der Waals surface area (Å²) in [6.07, 6.45) is 7.39. The minimum Gasteiger partial charge on any atom is -0.356 e. The third kappa shape index (κ3) is 7.42. The average molecular weight is 492 g/mol. The first-order chi connectivity index (χ1) is 12.0. The van der Waals surface area contributed by atoms with Gasteiger partial charge >= 0.3 is 0 Å². The molecular weight excluding hydrogens is 459 g/mol. The van der Waals surface area contributed by atoms with Crippen molar-refractivity contribution in [3.63, 3.8) is 0 Å². The quantitative estimate of drug-likeness (QED) is 0.332. The number of hydrogen-bond acceptors (Lipinski definition) is 3. The van der Waals surface area contributed by atoms with Gasteiger partial charge in [-0.25, -0.2) is 4.99 Å². The van der Waals surface area contributed by atoms with Gasteiger partial charge in [0.05, 0.1) is 0 Å². The first-order valence-electron chi connectivity index (χ1n) is 9.29. The van der Waals surface area contributed by atoms with Crippen molar-refractivity contribution in [3.8, 4) is 0 Å². The van der Waals surface area contributed by atoms with Crippen molar-refractivity contribution in [3.05, 3.63) is 22.4 Å². The standard InChI is InChI=1S/C19H32N4OS.HI/c1-4-19(10-5-6-11-19)15-22-18(21-14-17(24)23(2)3)20-12-9-16-8-7-13-25-16;/h7-8,13H,4-6,9-12,14-15H2,1-3H3,(H2,20,21,22);1H. The largest absolute Gasteiger partial charge is 0.356 e. The fourth-order valence-electron chi connectivity index (χ4n) is 3.27.